The minimum Gasteiger partial charge on any atom is -0.478 e. The van der Waals surface area contributed by atoms with Gasteiger partial charge in [0.1, 0.15) is 6.61 Å². The lowest BCUT2D eigenvalue weighted by molar-refractivity contribution is -0.192. The van der Waals surface area contributed by atoms with Crippen LogP contribution in [-0.2, 0) is 49.5 Å². The summed E-state index contributed by atoms with van der Waals surface area (Å²) in [6, 6.07) is 8.72. The van der Waals surface area contributed by atoms with E-state index in [0.717, 1.165) is 13.8 Å². The summed E-state index contributed by atoms with van der Waals surface area (Å²) in [4.78, 5) is 57.7. The monoisotopic (exact) mass is 396 g/mol. The molecule has 0 spiro atoms. The van der Waals surface area contributed by atoms with Crippen LogP contribution in [0.1, 0.15) is 26.3 Å². The molecule has 10 nitrogen and oxygen atoms in total. The van der Waals surface area contributed by atoms with Gasteiger partial charge in [0, 0.05) is 13.8 Å². The Bertz CT molecular complexity index is 727. The fourth-order valence-electron chi connectivity index (χ4n) is 1.97. The zero-order chi connectivity index (χ0) is 21.3. The smallest absolute Gasteiger partial charge is 0.352 e. The second-order valence-electron chi connectivity index (χ2n) is 5.57. The molecular formula is C18H20O10. The fraction of sp³-hybridized carbons (Fsp3) is 0.389. The van der Waals surface area contributed by atoms with Gasteiger partial charge < -0.3 is 24.1 Å². The van der Waals surface area contributed by atoms with E-state index in [4.69, 9.17) is 14.6 Å². The summed E-state index contributed by atoms with van der Waals surface area (Å²) >= 11 is 0. The van der Waals surface area contributed by atoms with Crippen molar-refractivity contribution in [3.8, 4) is 0 Å². The minimum absolute atomic E-state index is 0.0693. The van der Waals surface area contributed by atoms with Crippen molar-refractivity contribution >= 4 is 29.8 Å². The van der Waals surface area contributed by atoms with E-state index in [0.29, 0.717) is 5.56 Å². The van der Waals surface area contributed by atoms with Crippen LogP contribution in [0.15, 0.2) is 30.3 Å². The van der Waals surface area contributed by atoms with E-state index in [1.165, 1.54) is 6.92 Å². The van der Waals surface area contributed by atoms with Gasteiger partial charge in [-0.15, -0.1) is 0 Å². The predicted octanol–water partition coefficient (Wildman–Crippen LogP) is 0.610. The second kappa shape index (κ2) is 10.7. The summed E-state index contributed by atoms with van der Waals surface area (Å²) in [7, 11) is 0. The number of ether oxygens (including phenoxy) is 4. The van der Waals surface area contributed by atoms with Gasteiger partial charge in [-0.25, -0.2) is 14.4 Å². The Labute approximate surface area is 160 Å². The van der Waals surface area contributed by atoms with E-state index >= 15 is 0 Å². The molecule has 0 aliphatic rings. The molecule has 1 N–H and O–H groups in total. The summed E-state index contributed by atoms with van der Waals surface area (Å²) < 4.78 is 19.0. The van der Waals surface area contributed by atoms with E-state index in [1.807, 2.05) is 0 Å². The number of esters is 4. The molecule has 0 saturated carbocycles. The molecule has 0 saturated heterocycles. The molecule has 0 aromatic heterocycles. The van der Waals surface area contributed by atoms with E-state index in [-0.39, 0.29) is 6.61 Å². The van der Waals surface area contributed by atoms with E-state index in [9.17, 15) is 24.0 Å². The van der Waals surface area contributed by atoms with Gasteiger partial charge >= 0.3 is 29.8 Å². The first-order chi connectivity index (χ1) is 13.1. The lowest BCUT2D eigenvalue weighted by Crippen LogP contribution is -2.47. The lowest BCUT2D eigenvalue weighted by Gasteiger charge is -2.23. The molecule has 0 bridgehead atoms. The fourth-order valence-corrected chi connectivity index (χ4v) is 1.97. The number of benzene rings is 1. The molecule has 1 aromatic carbocycles. The summed E-state index contributed by atoms with van der Waals surface area (Å²) in [5, 5.41) is 9.14. The number of rotatable bonds is 9. The molecule has 152 valence electrons. The molecule has 28 heavy (non-hydrogen) atoms. The van der Waals surface area contributed by atoms with Crippen LogP contribution in [0.5, 0.6) is 0 Å². The topological polar surface area (TPSA) is 142 Å². The number of carbonyl (C=O) groups is 5. The highest BCUT2D eigenvalue weighted by molar-refractivity contribution is 5.89. The average molecular weight is 396 g/mol. The van der Waals surface area contributed by atoms with Gasteiger partial charge in [-0.3, -0.25) is 9.59 Å². The second-order valence-corrected chi connectivity index (χ2v) is 5.57. The molecule has 0 aliphatic carbocycles. The molecule has 0 aliphatic heterocycles. The van der Waals surface area contributed by atoms with Gasteiger partial charge in [0.2, 0.25) is 12.2 Å². The largest absolute Gasteiger partial charge is 0.478 e. The molecule has 1 rings (SSSR count). The molecule has 0 radical (unpaired) electrons. The number of aliphatic carboxylic acids is 1. The summed E-state index contributed by atoms with van der Waals surface area (Å²) in [5.41, 5.74) is 0.702. The molecule has 1 aromatic rings. The zero-order valence-corrected chi connectivity index (χ0v) is 15.4. The summed E-state index contributed by atoms with van der Waals surface area (Å²) in [6.07, 6.45) is -5.66. The number of carboxylic acid groups (broad SMARTS) is 1. The highest BCUT2D eigenvalue weighted by Crippen LogP contribution is 2.11. The number of carboxylic acids is 1. The van der Waals surface area contributed by atoms with Crippen LogP contribution in [0.25, 0.3) is 0 Å². The van der Waals surface area contributed by atoms with Gasteiger partial charge in [-0.05, 0) is 12.5 Å². The van der Waals surface area contributed by atoms with Crippen molar-refractivity contribution in [1.82, 2.24) is 0 Å². The Balaban J connectivity index is 2.78. The normalized spacial score (nSPS) is 13.4. The van der Waals surface area contributed by atoms with Crippen molar-refractivity contribution in [3.63, 3.8) is 0 Å². The molecular weight excluding hydrogens is 376 g/mol. The van der Waals surface area contributed by atoms with Crippen molar-refractivity contribution in [2.75, 3.05) is 0 Å². The first-order valence-corrected chi connectivity index (χ1v) is 8.10. The maximum absolute atomic E-state index is 12.2. The van der Waals surface area contributed by atoms with Gasteiger partial charge in [-0.1, -0.05) is 30.3 Å². The van der Waals surface area contributed by atoms with Crippen molar-refractivity contribution in [1.29, 1.82) is 0 Å². The van der Waals surface area contributed by atoms with Crippen LogP contribution in [0, 0.1) is 0 Å². The number of hydrogen-bond donors (Lipinski definition) is 1. The Morgan fingerprint density at radius 1 is 0.857 bits per heavy atom. The molecule has 0 amide bonds. The van der Waals surface area contributed by atoms with Gasteiger partial charge in [0.25, 0.3) is 0 Å². The van der Waals surface area contributed by atoms with Crippen molar-refractivity contribution in [3.05, 3.63) is 35.9 Å². The first kappa shape index (κ1) is 22.6. The predicted molar refractivity (Wildman–Crippen MR) is 90.5 cm³/mol. The number of hydrogen-bond acceptors (Lipinski definition) is 9. The molecule has 3 atom stereocenters. The molecule has 0 fully saturated rings. The lowest BCUT2D eigenvalue weighted by atomic mass is 10.2. The third-order valence-electron chi connectivity index (χ3n) is 3.19. The summed E-state index contributed by atoms with van der Waals surface area (Å²) in [5.74, 6) is -6.06. The van der Waals surface area contributed by atoms with Crippen LogP contribution in [0.4, 0.5) is 0 Å². The van der Waals surface area contributed by atoms with Crippen LogP contribution in [0.2, 0.25) is 0 Å². The van der Waals surface area contributed by atoms with E-state index < -0.39 is 48.2 Å². The van der Waals surface area contributed by atoms with Crippen LogP contribution in [-0.4, -0.2) is 53.3 Å². The quantitative estimate of drug-likeness (QED) is 0.466. The standard InChI is InChI=1S/C18H20O10/c1-10(17(23)25-9-13-7-5-4-6-8-13)26-18(24)15(28-12(3)20)14(16(21)22)27-11(2)19/h4-8,10,14-15H,9H2,1-3H3,(H,21,22). The first-order valence-electron chi connectivity index (χ1n) is 8.10. The third kappa shape index (κ3) is 7.44. The summed E-state index contributed by atoms with van der Waals surface area (Å²) in [6.45, 7) is 2.96. The molecule has 0 heterocycles. The molecule has 10 heteroatoms. The van der Waals surface area contributed by atoms with E-state index in [2.05, 4.69) is 9.47 Å². The van der Waals surface area contributed by atoms with Crippen LogP contribution < -0.4 is 0 Å². The average Bonchev–Trinajstić information content (AvgIpc) is 2.62. The Hall–Kier alpha value is -3.43. The van der Waals surface area contributed by atoms with Crippen LogP contribution >= 0.6 is 0 Å². The highest BCUT2D eigenvalue weighted by atomic mass is 16.6. The third-order valence-corrected chi connectivity index (χ3v) is 3.19. The number of carbonyl (C=O) groups excluding carboxylic acids is 4. The SMILES string of the molecule is CC(=O)OC(C(=O)O)C(OC(C)=O)C(=O)OC(C)C(=O)OCc1ccccc1. The highest BCUT2D eigenvalue weighted by Gasteiger charge is 2.42. The van der Waals surface area contributed by atoms with Crippen molar-refractivity contribution in [2.24, 2.45) is 0 Å². The van der Waals surface area contributed by atoms with Gasteiger partial charge in [0.15, 0.2) is 6.10 Å². The molecule has 3 unspecified atom stereocenters. The zero-order valence-electron chi connectivity index (χ0n) is 15.4. The van der Waals surface area contributed by atoms with E-state index in [1.54, 1.807) is 30.3 Å². The maximum Gasteiger partial charge on any atom is 0.352 e. The van der Waals surface area contributed by atoms with Crippen LogP contribution in [0.3, 0.4) is 0 Å². The van der Waals surface area contributed by atoms with Crippen molar-refractivity contribution in [2.45, 2.75) is 45.7 Å². The Kier molecular flexibility index (Phi) is 8.60. The Morgan fingerprint density at radius 3 is 1.89 bits per heavy atom. The maximum atomic E-state index is 12.2. The van der Waals surface area contributed by atoms with Crippen molar-refractivity contribution < 1.29 is 48.0 Å². The minimum atomic E-state index is -2.14. The van der Waals surface area contributed by atoms with Gasteiger partial charge in [0.05, 0.1) is 0 Å². The Morgan fingerprint density at radius 2 is 1.39 bits per heavy atom. The van der Waals surface area contributed by atoms with Gasteiger partial charge in [-0.2, -0.15) is 0 Å².